The van der Waals surface area contributed by atoms with Gasteiger partial charge in [0.25, 0.3) is 0 Å². The van der Waals surface area contributed by atoms with Gasteiger partial charge in [-0.1, -0.05) is 6.07 Å². The molecule has 0 spiro atoms. The van der Waals surface area contributed by atoms with E-state index in [1.54, 1.807) is 0 Å². The Morgan fingerprint density at radius 1 is 1.42 bits per heavy atom. The minimum absolute atomic E-state index is 0.348. The third-order valence-corrected chi connectivity index (χ3v) is 3.54. The fourth-order valence-corrected chi connectivity index (χ4v) is 2.38. The third-order valence-electron chi connectivity index (χ3n) is 2.52. The van der Waals surface area contributed by atoms with E-state index < -0.39 is 30.3 Å². The fourth-order valence-electron chi connectivity index (χ4n) is 1.54. The first kappa shape index (κ1) is 16.1. The number of methoxy groups -OCH3 is 2. The zero-order valence-electron chi connectivity index (χ0n) is 10.2. The molecule has 19 heavy (non-hydrogen) atoms. The van der Waals surface area contributed by atoms with E-state index in [1.807, 2.05) is 0 Å². The maximum Gasteiger partial charge on any atom is 0.422 e. The number of ether oxygens (including phenoxy) is 2. The van der Waals surface area contributed by atoms with Crippen molar-refractivity contribution in [3.8, 4) is 0 Å². The second kappa shape index (κ2) is 6.00. The quantitative estimate of drug-likeness (QED) is 0.817. The molecule has 1 heterocycles. The van der Waals surface area contributed by atoms with Crippen LogP contribution in [0.3, 0.4) is 0 Å². The third kappa shape index (κ3) is 3.33. The lowest BCUT2D eigenvalue weighted by Gasteiger charge is -2.29. The molecule has 0 saturated heterocycles. The maximum absolute atomic E-state index is 13.0. The molecule has 0 amide bonds. The van der Waals surface area contributed by atoms with Gasteiger partial charge in [-0.2, -0.15) is 13.2 Å². The van der Waals surface area contributed by atoms with Crippen LogP contribution in [0.25, 0.3) is 0 Å². The Bertz CT molecular complexity index is 414. The van der Waals surface area contributed by atoms with E-state index in [2.05, 4.69) is 9.47 Å². The smallest absolute Gasteiger partial charge is 0.375 e. The van der Waals surface area contributed by atoms with Gasteiger partial charge in [0, 0.05) is 19.1 Å². The highest BCUT2D eigenvalue weighted by Crippen LogP contribution is 2.43. The molecular formula is C11H13F3O4S. The van der Waals surface area contributed by atoms with Gasteiger partial charge in [-0.25, -0.2) is 0 Å². The lowest BCUT2D eigenvalue weighted by Crippen LogP contribution is -2.45. The van der Waals surface area contributed by atoms with Gasteiger partial charge in [0.2, 0.25) is 11.9 Å². The van der Waals surface area contributed by atoms with Crippen LogP contribution in [0, 0.1) is 0 Å². The second-order valence-corrected chi connectivity index (χ2v) is 4.73. The van der Waals surface area contributed by atoms with Crippen molar-refractivity contribution in [2.45, 2.75) is 24.5 Å². The summed E-state index contributed by atoms with van der Waals surface area (Å²) in [5.74, 6) is -0.988. The molecule has 0 aromatic carbocycles. The molecule has 1 N–H and O–H groups in total. The normalized spacial score (nSPS) is 15.5. The molecule has 1 atom stereocenters. The molecule has 0 radical (unpaired) electrons. The Kier molecular flexibility index (Phi) is 5.08. The van der Waals surface area contributed by atoms with Gasteiger partial charge in [-0.3, -0.25) is 4.79 Å². The molecule has 1 rings (SSSR count). The minimum atomic E-state index is -4.97. The summed E-state index contributed by atoms with van der Waals surface area (Å²) >= 11 is 0.722. The first-order valence-corrected chi connectivity index (χ1v) is 6.05. The summed E-state index contributed by atoms with van der Waals surface area (Å²) in [6.07, 6.45) is -7.57. The first-order valence-electron chi connectivity index (χ1n) is 5.17. The van der Waals surface area contributed by atoms with Crippen LogP contribution in [-0.4, -0.2) is 37.6 Å². The Morgan fingerprint density at radius 2 is 2.00 bits per heavy atom. The summed E-state index contributed by atoms with van der Waals surface area (Å²) in [6, 6.07) is 2.49. The summed E-state index contributed by atoms with van der Waals surface area (Å²) in [5.41, 5.74) is -3.23. The van der Waals surface area contributed by atoms with Gasteiger partial charge < -0.3 is 14.6 Å². The first-order chi connectivity index (χ1) is 8.76. The van der Waals surface area contributed by atoms with Crippen LogP contribution in [0.5, 0.6) is 0 Å². The van der Waals surface area contributed by atoms with E-state index in [0.717, 1.165) is 31.6 Å². The highest BCUT2D eigenvalue weighted by Gasteiger charge is 2.57. The zero-order valence-corrected chi connectivity index (χ0v) is 11.0. The lowest BCUT2D eigenvalue weighted by molar-refractivity contribution is -0.267. The van der Waals surface area contributed by atoms with Gasteiger partial charge in [0.05, 0.1) is 6.42 Å². The fraction of sp³-hybridized carbons (Fsp3) is 0.545. The number of hydrogen-bond acceptors (Lipinski definition) is 5. The standard InChI is InChI=1S/C11H13F3O4S/c1-17-9(18-2)7(15)6-10(16,11(12,13)14)8-4-3-5-19-8/h3-5,9,16H,6H2,1-2H3. The number of carbonyl (C=O) groups is 1. The molecule has 0 saturated carbocycles. The number of hydrogen-bond donors (Lipinski definition) is 1. The van der Waals surface area contributed by atoms with Crippen molar-refractivity contribution in [3.63, 3.8) is 0 Å². The van der Waals surface area contributed by atoms with Crippen molar-refractivity contribution >= 4 is 17.1 Å². The van der Waals surface area contributed by atoms with Crippen LogP contribution in [0.1, 0.15) is 11.3 Å². The van der Waals surface area contributed by atoms with E-state index in [4.69, 9.17) is 0 Å². The summed E-state index contributed by atoms with van der Waals surface area (Å²) in [4.78, 5) is 11.3. The van der Waals surface area contributed by atoms with Gasteiger partial charge in [-0.15, -0.1) is 11.3 Å². The van der Waals surface area contributed by atoms with Crippen molar-refractivity contribution in [1.82, 2.24) is 0 Å². The molecule has 8 heteroatoms. The molecule has 1 aromatic rings. The molecule has 1 aromatic heterocycles. The molecule has 4 nitrogen and oxygen atoms in total. The molecule has 0 aliphatic carbocycles. The minimum Gasteiger partial charge on any atom is -0.375 e. The van der Waals surface area contributed by atoms with Crippen LogP contribution in [0.15, 0.2) is 17.5 Å². The monoisotopic (exact) mass is 298 g/mol. The average molecular weight is 298 g/mol. The number of ketones is 1. The number of Topliss-reactive ketones (excluding diaryl/α,β-unsaturated/α-hetero) is 1. The number of aliphatic hydroxyl groups is 1. The van der Waals surface area contributed by atoms with Crippen LogP contribution in [0.2, 0.25) is 0 Å². The van der Waals surface area contributed by atoms with Crippen LogP contribution in [-0.2, 0) is 19.9 Å². The number of carbonyl (C=O) groups excluding carboxylic acids is 1. The van der Waals surface area contributed by atoms with E-state index >= 15 is 0 Å². The number of alkyl halides is 3. The van der Waals surface area contributed by atoms with Gasteiger partial charge >= 0.3 is 6.18 Å². The predicted molar refractivity (Wildman–Crippen MR) is 61.7 cm³/mol. The topological polar surface area (TPSA) is 55.8 Å². The molecule has 1 unspecified atom stereocenters. The molecular weight excluding hydrogens is 285 g/mol. The lowest BCUT2D eigenvalue weighted by atomic mass is 9.94. The summed E-state index contributed by atoms with van der Waals surface area (Å²) in [6.45, 7) is 0. The SMILES string of the molecule is COC(OC)C(=O)CC(O)(c1cccs1)C(F)(F)F. The van der Waals surface area contributed by atoms with Gasteiger partial charge in [0.1, 0.15) is 0 Å². The average Bonchev–Trinajstić information content (AvgIpc) is 2.82. The van der Waals surface area contributed by atoms with Crippen molar-refractivity contribution in [3.05, 3.63) is 22.4 Å². The van der Waals surface area contributed by atoms with Gasteiger partial charge in [0.15, 0.2) is 5.78 Å². The zero-order chi connectivity index (χ0) is 14.7. The predicted octanol–water partition coefficient (Wildman–Crippen LogP) is 2.08. The summed E-state index contributed by atoms with van der Waals surface area (Å²) < 4.78 is 48.2. The highest BCUT2D eigenvalue weighted by atomic mass is 32.1. The Hall–Kier alpha value is -0.960. The molecule has 0 aliphatic heterocycles. The van der Waals surface area contributed by atoms with Crippen LogP contribution < -0.4 is 0 Å². The van der Waals surface area contributed by atoms with Crippen molar-refractivity contribution in [2.75, 3.05) is 14.2 Å². The van der Waals surface area contributed by atoms with E-state index in [1.165, 1.54) is 11.4 Å². The van der Waals surface area contributed by atoms with Crippen LogP contribution in [0.4, 0.5) is 13.2 Å². The largest absolute Gasteiger partial charge is 0.422 e. The Morgan fingerprint density at radius 3 is 2.37 bits per heavy atom. The highest BCUT2D eigenvalue weighted by molar-refractivity contribution is 7.10. The van der Waals surface area contributed by atoms with Crippen molar-refractivity contribution < 1.29 is 32.5 Å². The molecule has 0 aliphatic rings. The summed E-state index contributed by atoms with van der Waals surface area (Å²) in [5, 5.41) is 11.3. The molecule has 0 bridgehead atoms. The molecule has 0 fully saturated rings. The number of rotatable bonds is 6. The van der Waals surface area contributed by atoms with Crippen molar-refractivity contribution in [1.29, 1.82) is 0 Å². The van der Waals surface area contributed by atoms with Crippen LogP contribution >= 0.6 is 11.3 Å². The van der Waals surface area contributed by atoms with Crippen molar-refractivity contribution in [2.24, 2.45) is 0 Å². The van der Waals surface area contributed by atoms with Gasteiger partial charge in [-0.05, 0) is 11.4 Å². The summed E-state index contributed by atoms with van der Waals surface area (Å²) in [7, 11) is 2.26. The Labute approximate surface area is 111 Å². The Balaban J connectivity index is 3.04. The maximum atomic E-state index is 13.0. The second-order valence-electron chi connectivity index (χ2n) is 3.78. The van der Waals surface area contributed by atoms with E-state index in [9.17, 15) is 23.1 Å². The molecule has 108 valence electrons. The number of halogens is 3. The van der Waals surface area contributed by atoms with E-state index in [0.29, 0.717) is 0 Å². The number of thiophene rings is 1. The van der Waals surface area contributed by atoms with E-state index in [-0.39, 0.29) is 4.88 Å².